The molecule has 7 heteroatoms. The summed E-state index contributed by atoms with van der Waals surface area (Å²) in [6, 6.07) is 8.32. The third kappa shape index (κ3) is 3.22. The Morgan fingerprint density at radius 1 is 1.32 bits per heavy atom. The van der Waals surface area contributed by atoms with Gasteiger partial charge in [0.15, 0.2) is 11.2 Å². The third-order valence-corrected chi connectivity index (χ3v) is 4.42. The van der Waals surface area contributed by atoms with Crippen LogP contribution in [-0.4, -0.2) is 25.1 Å². The first-order valence-electron chi connectivity index (χ1n) is 8.42. The molecule has 0 fully saturated rings. The van der Waals surface area contributed by atoms with Gasteiger partial charge in [0.2, 0.25) is 5.95 Å². The fourth-order valence-corrected chi connectivity index (χ4v) is 2.81. The Morgan fingerprint density at radius 3 is 2.76 bits per heavy atom. The van der Waals surface area contributed by atoms with Gasteiger partial charge >= 0.3 is 5.69 Å². The molecule has 0 bridgehead atoms. The molecule has 0 saturated heterocycles. The number of nitrogens with one attached hydrogen (secondary N) is 2. The van der Waals surface area contributed by atoms with Crippen LogP contribution in [0.15, 0.2) is 33.9 Å². The Hall–Kier alpha value is -2.83. The SMILES string of the molecule is CCC(C)Nc1nc2c(c(=O)[nH]c(=O)n2C)n1Cc1cccc(C)c1. The molecule has 3 aromatic rings. The summed E-state index contributed by atoms with van der Waals surface area (Å²) in [5.41, 5.74) is 2.12. The molecule has 0 aliphatic rings. The molecule has 7 nitrogen and oxygen atoms in total. The maximum absolute atomic E-state index is 12.4. The van der Waals surface area contributed by atoms with Crippen LogP contribution in [0.5, 0.6) is 0 Å². The molecule has 0 aliphatic heterocycles. The monoisotopic (exact) mass is 341 g/mol. The fraction of sp³-hybridized carbons (Fsp3) is 0.389. The lowest BCUT2D eigenvalue weighted by Crippen LogP contribution is -2.29. The van der Waals surface area contributed by atoms with E-state index in [-0.39, 0.29) is 6.04 Å². The summed E-state index contributed by atoms with van der Waals surface area (Å²) >= 11 is 0. The number of rotatable bonds is 5. The predicted octanol–water partition coefficient (Wildman–Crippen LogP) is 1.99. The molecule has 1 atom stereocenters. The molecule has 2 aromatic heterocycles. The predicted molar refractivity (Wildman–Crippen MR) is 99.3 cm³/mol. The maximum atomic E-state index is 12.4. The molecule has 132 valence electrons. The second kappa shape index (κ2) is 6.58. The standard InChI is InChI=1S/C18H23N5O2/c1-5-12(3)19-17-20-15-14(16(24)21-18(25)22(15)4)23(17)10-13-8-6-7-11(2)9-13/h6-9,12H,5,10H2,1-4H3,(H,19,20)(H,21,24,25). The highest BCUT2D eigenvalue weighted by Gasteiger charge is 2.18. The van der Waals surface area contributed by atoms with Crippen molar-refractivity contribution < 1.29 is 0 Å². The summed E-state index contributed by atoms with van der Waals surface area (Å²) in [4.78, 5) is 31.2. The summed E-state index contributed by atoms with van der Waals surface area (Å²) in [6.45, 7) is 6.66. The van der Waals surface area contributed by atoms with E-state index in [1.807, 2.05) is 29.7 Å². The van der Waals surface area contributed by atoms with E-state index in [2.05, 4.69) is 35.2 Å². The molecule has 0 aliphatic carbocycles. The van der Waals surface area contributed by atoms with Crippen molar-refractivity contribution in [2.75, 3.05) is 5.32 Å². The van der Waals surface area contributed by atoms with Gasteiger partial charge in [0.1, 0.15) is 0 Å². The number of nitrogens with zero attached hydrogens (tertiary/aromatic N) is 3. The largest absolute Gasteiger partial charge is 0.353 e. The molecule has 0 saturated carbocycles. The number of imidazole rings is 1. The number of H-pyrrole nitrogens is 1. The van der Waals surface area contributed by atoms with Crippen LogP contribution in [-0.2, 0) is 13.6 Å². The van der Waals surface area contributed by atoms with Crippen molar-refractivity contribution in [3.63, 3.8) is 0 Å². The number of aryl methyl sites for hydroxylation is 2. The van der Waals surface area contributed by atoms with Crippen LogP contribution in [0.3, 0.4) is 0 Å². The topological polar surface area (TPSA) is 84.7 Å². The number of anilines is 1. The summed E-state index contributed by atoms with van der Waals surface area (Å²) in [5, 5.41) is 3.34. The van der Waals surface area contributed by atoms with Crippen molar-refractivity contribution in [3.05, 3.63) is 56.2 Å². The summed E-state index contributed by atoms with van der Waals surface area (Å²) < 4.78 is 3.21. The van der Waals surface area contributed by atoms with E-state index in [4.69, 9.17) is 0 Å². The fourth-order valence-electron chi connectivity index (χ4n) is 2.81. The molecule has 0 spiro atoms. The highest BCUT2D eigenvalue weighted by Crippen LogP contribution is 2.19. The summed E-state index contributed by atoms with van der Waals surface area (Å²) in [5.74, 6) is 0.595. The van der Waals surface area contributed by atoms with Gasteiger partial charge in [-0.2, -0.15) is 4.98 Å². The first-order chi connectivity index (χ1) is 11.9. The lowest BCUT2D eigenvalue weighted by Gasteiger charge is -2.14. The second-order valence-electron chi connectivity index (χ2n) is 6.45. The van der Waals surface area contributed by atoms with E-state index in [1.165, 1.54) is 4.57 Å². The molecule has 25 heavy (non-hydrogen) atoms. The molecule has 2 N–H and O–H groups in total. The molecule has 0 radical (unpaired) electrons. The number of aromatic amines is 1. The molecule has 2 heterocycles. The van der Waals surface area contributed by atoms with Crippen molar-refractivity contribution in [1.82, 2.24) is 19.1 Å². The molecular formula is C18H23N5O2. The number of benzene rings is 1. The van der Waals surface area contributed by atoms with Crippen LogP contribution in [0.25, 0.3) is 11.2 Å². The van der Waals surface area contributed by atoms with E-state index in [0.717, 1.165) is 17.5 Å². The zero-order chi connectivity index (χ0) is 18.1. The Kier molecular flexibility index (Phi) is 4.48. The minimum Gasteiger partial charge on any atom is -0.353 e. The van der Waals surface area contributed by atoms with Crippen LogP contribution in [0.1, 0.15) is 31.4 Å². The van der Waals surface area contributed by atoms with Crippen LogP contribution in [0, 0.1) is 6.92 Å². The van der Waals surface area contributed by atoms with E-state index in [1.54, 1.807) is 7.05 Å². The van der Waals surface area contributed by atoms with E-state index in [0.29, 0.717) is 23.7 Å². The number of hydrogen-bond donors (Lipinski definition) is 2. The van der Waals surface area contributed by atoms with Gasteiger partial charge in [-0.05, 0) is 25.8 Å². The van der Waals surface area contributed by atoms with Crippen molar-refractivity contribution in [2.45, 2.75) is 39.8 Å². The van der Waals surface area contributed by atoms with E-state index in [9.17, 15) is 9.59 Å². The van der Waals surface area contributed by atoms with Crippen molar-refractivity contribution in [3.8, 4) is 0 Å². The van der Waals surface area contributed by atoms with Gasteiger partial charge < -0.3 is 5.32 Å². The van der Waals surface area contributed by atoms with Crippen LogP contribution in [0.2, 0.25) is 0 Å². The lowest BCUT2D eigenvalue weighted by atomic mass is 10.1. The maximum Gasteiger partial charge on any atom is 0.329 e. The molecular weight excluding hydrogens is 318 g/mol. The molecule has 0 amide bonds. The number of aromatic nitrogens is 4. The van der Waals surface area contributed by atoms with Gasteiger partial charge in [-0.1, -0.05) is 36.8 Å². The van der Waals surface area contributed by atoms with Gasteiger partial charge in [0.05, 0.1) is 6.54 Å². The van der Waals surface area contributed by atoms with E-state index >= 15 is 0 Å². The quantitative estimate of drug-likeness (QED) is 0.743. The van der Waals surface area contributed by atoms with Crippen molar-refractivity contribution in [1.29, 1.82) is 0 Å². The molecule has 1 aromatic carbocycles. The normalized spacial score (nSPS) is 12.5. The first kappa shape index (κ1) is 17.0. The highest BCUT2D eigenvalue weighted by molar-refractivity contribution is 5.74. The zero-order valence-electron chi connectivity index (χ0n) is 15.0. The Bertz CT molecular complexity index is 1030. The smallest absolute Gasteiger partial charge is 0.329 e. The Labute approximate surface area is 145 Å². The molecule has 1 unspecified atom stereocenters. The lowest BCUT2D eigenvalue weighted by molar-refractivity contribution is 0.729. The third-order valence-electron chi connectivity index (χ3n) is 4.42. The first-order valence-corrected chi connectivity index (χ1v) is 8.42. The average Bonchev–Trinajstić information content (AvgIpc) is 2.91. The van der Waals surface area contributed by atoms with E-state index < -0.39 is 11.2 Å². The zero-order valence-corrected chi connectivity index (χ0v) is 15.0. The highest BCUT2D eigenvalue weighted by atomic mass is 16.2. The number of fused-ring (bicyclic) bond motifs is 1. The van der Waals surface area contributed by atoms with Gasteiger partial charge in [0.25, 0.3) is 5.56 Å². The van der Waals surface area contributed by atoms with Gasteiger partial charge in [-0.15, -0.1) is 0 Å². The minimum absolute atomic E-state index is 0.198. The van der Waals surface area contributed by atoms with Gasteiger partial charge in [-0.3, -0.25) is 18.9 Å². The van der Waals surface area contributed by atoms with Crippen LogP contribution >= 0.6 is 0 Å². The summed E-state index contributed by atoms with van der Waals surface area (Å²) in [7, 11) is 1.61. The Balaban J connectivity index is 2.22. The molecule has 3 rings (SSSR count). The van der Waals surface area contributed by atoms with Crippen molar-refractivity contribution >= 4 is 17.1 Å². The van der Waals surface area contributed by atoms with Crippen LogP contribution in [0.4, 0.5) is 5.95 Å². The number of hydrogen-bond acceptors (Lipinski definition) is 4. The van der Waals surface area contributed by atoms with Gasteiger partial charge in [0, 0.05) is 13.1 Å². The van der Waals surface area contributed by atoms with Crippen molar-refractivity contribution in [2.24, 2.45) is 7.05 Å². The Morgan fingerprint density at radius 2 is 2.08 bits per heavy atom. The average molecular weight is 341 g/mol. The van der Waals surface area contributed by atoms with Crippen LogP contribution < -0.4 is 16.6 Å². The minimum atomic E-state index is -0.465. The second-order valence-corrected chi connectivity index (χ2v) is 6.45. The summed E-state index contributed by atoms with van der Waals surface area (Å²) in [6.07, 6.45) is 0.920. The van der Waals surface area contributed by atoms with Gasteiger partial charge in [-0.25, -0.2) is 4.79 Å².